The number of nitrogens with two attached hydrogens (primary N) is 1. The monoisotopic (exact) mass is 329 g/mol. The zero-order valence-electron chi connectivity index (χ0n) is 12.3. The second-order valence-corrected chi connectivity index (χ2v) is 8.00. The number of hydrogen-bond acceptors (Lipinski definition) is 4. The van der Waals surface area contributed by atoms with E-state index in [4.69, 9.17) is 5.73 Å². The molecular formula is C14H23N3O2S2. The Bertz CT molecular complexity index is 570. The van der Waals surface area contributed by atoms with Gasteiger partial charge in [-0.2, -0.15) is 12.7 Å². The normalized spacial score (nSPS) is 16.8. The van der Waals surface area contributed by atoms with Crippen LogP contribution in [0.15, 0.2) is 23.1 Å². The fourth-order valence-electron chi connectivity index (χ4n) is 2.24. The number of nitrogens with one attached hydrogen (secondary N) is 1. The number of hydrogen-bond donors (Lipinski definition) is 2. The molecule has 1 aliphatic heterocycles. The van der Waals surface area contributed by atoms with E-state index in [2.05, 4.69) is 11.6 Å². The van der Waals surface area contributed by atoms with Gasteiger partial charge in [0.25, 0.3) is 0 Å². The molecule has 2 rings (SSSR count). The maximum atomic E-state index is 12.4. The van der Waals surface area contributed by atoms with Gasteiger partial charge >= 0.3 is 10.2 Å². The van der Waals surface area contributed by atoms with Gasteiger partial charge < -0.3 is 5.73 Å². The van der Waals surface area contributed by atoms with Gasteiger partial charge in [0.2, 0.25) is 0 Å². The van der Waals surface area contributed by atoms with E-state index in [1.54, 1.807) is 17.8 Å². The lowest BCUT2D eigenvalue weighted by molar-refractivity contribution is 0.349. The molecule has 1 saturated heterocycles. The first kappa shape index (κ1) is 16.5. The first-order chi connectivity index (χ1) is 10.0. The summed E-state index contributed by atoms with van der Waals surface area (Å²) in [5.41, 5.74) is 6.83. The van der Waals surface area contributed by atoms with Gasteiger partial charge in [-0.05, 0) is 43.2 Å². The van der Waals surface area contributed by atoms with E-state index < -0.39 is 10.2 Å². The van der Waals surface area contributed by atoms with E-state index in [0.29, 0.717) is 24.5 Å². The van der Waals surface area contributed by atoms with Crippen LogP contribution in [0.2, 0.25) is 0 Å². The molecule has 1 aliphatic rings. The molecule has 0 bridgehead atoms. The summed E-state index contributed by atoms with van der Waals surface area (Å²) >= 11 is 1.70. The molecule has 3 N–H and O–H groups in total. The van der Waals surface area contributed by atoms with Gasteiger partial charge in [-0.1, -0.05) is 13.3 Å². The average molecular weight is 329 g/mol. The number of anilines is 2. The molecule has 0 spiro atoms. The zero-order valence-corrected chi connectivity index (χ0v) is 14.0. The zero-order chi connectivity index (χ0) is 15.3. The van der Waals surface area contributed by atoms with E-state index >= 15 is 0 Å². The SMILES string of the molecule is CCCSc1ccc(N)c(NS(=O)(=O)N2CCCCC2)c1. The predicted molar refractivity (Wildman–Crippen MR) is 89.8 cm³/mol. The molecule has 118 valence electrons. The van der Waals surface area contributed by atoms with Crippen LogP contribution in [0, 0.1) is 0 Å². The molecule has 0 aliphatic carbocycles. The summed E-state index contributed by atoms with van der Waals surface area (Å²) in [5.74, 6) is 1.00. The molecule has 1 aromatic rings. The Balaban J connectivity index is 2.13. The van der Waals surface area contributed by atoms with Crippen molar-refractivity contribution < 1.29 is 8.42 Å². The maximum Gasteiger partial charge on any atom is 0.301 e. The van der Waals surface area contributed by atoms with Crippen LogP contribution in [0.1, 0.15) is 32.6 Å². The Labute approximate surface area is 131 Å². The molecule has 0 radical (unpaired) electrons. The standard InChI is InChI=1S/C14H23N3O2S2/c1-2-10-20-12-6-7-13(15)14(11-12)16-21(18,19)17-8-4-3-5-9-17/h6-7,11,16H,2-5,8-10,15H2,1H3. The molecule has 1 heterocycles. The lowest BCUT2D eigenvalue weighted by Crippen LogP contribution is -2.39. The lowest BCUT2D eigenvalue weighted by atomic mass is 10.2. The van der Waals surface area contributed by atoms with Crippen molar-refractivity contribution in [3.05, 3.63) is 18.2 Å². The van der Waals surface area contributed by atoms with Gasteiger partial charge in [0.15, 0.2) is 0 Å². The van der Waals surface area contributed by atoms with E-state index in [1.165, 1.54) is 4.31 Å². The van der Waals surface area contributed by atoms with Crippen LogP contribution in [0.3, 0.4) is 0 Å². The Morgan fingerprint density at radius 1 is 1.29 bits per heavy atom. The number of thioether (sulfide) groups is 1. The molecule has 0 atom stereocenters. The molecule has 0 aromatic heterocycles. The fraction of sp³-hybridized carbons (Fsp3) is 0.571. The van der Waals surface area contributed by atoms with Gasteiger partial charge in [-0.25, -0.2) is 0 Å². The third kappa shape index (κ3) is 4.52. The topological polar surface area (TPSA) is 75.4 Å². The molecule has 5 nitrogen and oxygen atoms in total. The number of nitrogen functional groups attached to an aromatic ring is 1. The molecule has 0 unspecified atom stereocenters. The minimum absolute atomic E-state index is 0.455. The number of piperidine rings is 1. The third-order valence-electron chi connectivity index (χ3n) is 3.39. The van der Waals surface area contributed by atoms with E-state index in [-0.39, 0.29) is 0 Å². The number of nitrogens with zero attached hydrogens (tertiary/aromatic N) is 1. The summed E-state index contributed by atoms with van der Waals surface area (Å²) < 4.78 is 28.9. The van der Waals surface area contributed by atoms with Crippen LogP contribution in [0.5, 0.6) is 0 Å². The summed E-state index contributed by atoms with van der Waals surface area (Å²) in [6.07, 6.45) is 4.01. The van der Waals surface area contributed by atoms with Crippen LogP contribution in [-0.2, 0) is 10.2 Å². The first-order valence-corrected chi connectivity index (χ1v) is 9.75. The minimum Gasteiger partial charge on any atom is -0.397 e. The lowest BCUT2D eigenvalue weighted by Gasteiger charge is -2.26. The van der Waals surface area contributed by atoms with Gasteiger partial charge in [-0.15, -0.1) is 11.8 Å². The number of rotatable bonds is 6. The molecule has 21 heavy (non-hydrogen) atoms. The van der Waals surface area contributed by atoms with Crippen LogP contribution in [0.4, 0.5) is 11.4 Å². The summed E-state index contributed by atoms with van der Waals surface area (Å²) in [4.78, 5) is 1.03. The largest absolute Gasteiger partial charge is 0.397 e. The quantitative estimate of drug-likeness (QED) is 0.621. The molecule has 0 saturated carbocycles. The second-order valence-electron chi connectivity index (χ2n) is 5.16. The highest BCUT2D eigenvalue weighted by Crippen LogP contribution is 2.28. The summed E-state index contributed by atoms with van der Waals surface area (Å²) in [7, 11) is -3.50. The average Bonchev–Trinajstić information content (AvgIpc) is 2.49. The Kier molecular flexibility index (Phi) is 5.78. The third-order valence-corrected chi connectivity index (χ3v) is 6.11. The summed E-state index contributed by atoms with van der Waals surface area (Å²) in [5, 5.41) is 0. The fourth-order valence-corrected chi connectivity index (χ4v) is 4.37. The van der Waals surface area contributed by atoms with Crippen molar-refractivity contribution in [1.82, 2.24) is 4.31 Å². The van der Waals surface area contributed by atoms with Crippen molar-refractivity contribution >= 4 is 33.3 Å². The molecule has 7 heteroatoms. The van der Waals surface area contributed by atoms with Crippen LogP contribution in [-0.4, -0.2) is 31.6 Å². The van der Waals surface area contributed by atoms with Crippen LogP contribution in [0.25, 0.3) is 0 Å². The van der Waals surface area contributed by atoms with Crippen molar-refractivity contribution in [2.75, 3.05) is 29.3 Å². The van der Waals surface area contributed by atoms with Crippen molar-refractivity contribution in [3.63, 3.8) is 0 Å². The molecule has 0 amide bonds. The second kappa shape index (κ2) is 7.38. The van der Waals surface area contributed by atoms with Gasteiger partial charge in [0, 0.05) is 18.0 Å². The first-order valence-electron chi connectivity index (χ1n) is 7.33. The van der Waals surface area contributed by atoms with E-state index in [0.717, 1.165) is 36.3 Å². The summed E-state index contributed by atoms with van der Waals surface area (Å²) in [6.45, 7) is 3.28. The minimum atomic E-state index is -3.50. The Morgan fingerprint density at radius 2 is 2.00 bits per heavy atom. The van der Waals surface area contributed by atoms with Gasteiger partial charge in [-0.3, -0.25) is 4.72 Å². The van der Waals surface area contributed by atoms with Crippen molar-refractivity contribution in [1.29, 1.82) is 0 Å². The van der Waals surface area contributed by atoms with Gasteiger partial charge in [0.05, 0.1) is 11.4 Å². The predicted octanol–water partition coefficient (Wildman–Crippen LogP) is 2.91. The maximum absolute atomic E-state index is 12.4. The Hall–Kier alpha value is -0.920. The smallest absolute Gasteiger partial charge is 0.301 e. The van der Waals surface area contributed by atoms with Crippen molar-refractivity contribution in [3.8, 4) is 0 Å². The van der Waals surface area contributed by atoms with E-state index in [1.807, 2.05) is 12.1 Å². The number of benzene rings is 1. The molecule has 1 aromatic carbocycles. The molecule has 1 fully saturated rings. The highest BCUT2D eigenvalue weighted by Gasteiger charge is 2.24. The Morgan fingerprint density at radius 3 is 2.67 bits per heavy atom. The van der Waals surface area contributed by atoms with Crippen molar-refractivity contribution in [2.45, 2.75) is 37.5 Å². The van der Waals surface area contributed by atoms with Crippen LogP contribution < -0.4 is 10.5 Å². The highest BCUT2D eigenvalue weighted by molar-refractivity contribution is 7.99. The highest BCUT2D eigenvalue weighted by atomic mass is 32.2. The summed E-state index contributed by atoms with van der Waals surface area (Å²) in [6, 6.07) is 5.50. The molecular weight excluding hydrogens is 306 g/mol. The van der Waals surface area contributed by atoms with Crippen LogP contribution >= 0.6 is 11.8 Å². The van der Waals surface area contributed by atoms with Gasteiger partial charge in [0.1, 0.15) is 0 Å². The van der Waals surface area contributed by atoms with Crippen molar-refractivity contribution in [2.24, 2.45) is 0 Å². The van der Waals surface area contributed by atoms with E-state index in [9.17, 15) is 8.42 Å².